The Kier molecular flexibility index (Phi) is 3.85. The van der Waals surface area contributed by atoms with Crippen LogP contribution in [0.1, 0.15) is 5.56 Å². The first-order chi connectivity index (χ1) is 9.29. The highest BCUT2D eigenvalue weighted by Gasteiger charge is 2.29. The second-order valence-electron chi connectivity index (χ2n) is 4.25. The summed E-state index contributed by atoms with van der Waals surface area (Å²) in [5, 5.41) is 0. The van der Waals surface area contributed by atoms with Crippen LogP contribution < -0.4 is 0 Å². The zero-order valence-corrected chi connectivity index (χ0v) is 11.4. The topological polar surface area (TPSA) is 29.4 Å². The molecular formula is C14H12F3NOS. The molecule has 2 nitrogen and oxygen atoms in total. The predicted molar refractivity (Wildman–Crippen MR) is 72.3 cm³/mol. The first kappa shape index (κ1) is 14.6. The highest BCUT2D eigenvalue weighted by atomic mass is 32.2. The van der Waals surface area contributed by atoms with E-state index < -0.39 is 21.5 Å². The minimum Gasteiger partial charge on any atom is -0.245 e. The van der Waals surface area contributed by atoms with E-state index in [4.69, 9.17) is 0 Å². The lowest BCUT2D eigenvalue weighted by molar-refractivity contribution is -0.137. The summed E-state index contributed by atoms with van der Waals surface area (Å²) < 4.78 is 53.8. The summed E-state index contributed by atoms with van der Waals surface area (Å²) in [6.45, 7) is 0. The van der Waals surface area contributed by atoms with Crippen molar-refractivity contribution in [1.29, 1.82) is 0 Å². The molecule has 1 atom stereocenters. The van der Waals surface area contributed by atoms with Crippen LogP contribution in [0.4, 0.5) is 18.9 Å². The molecular weight excluding hydrogens is 287 g/mol. The fraction of sp³-hybridized carbons (Fsp3) is 0.143. The van der Waals surface area contributed by atoms with Crippen molar-refractivity contribution in [2.45, 2.75) is 11.1 Å². The Hall–Kier alpha value is -1.82. The zero-order valence-electron chi connectivity index (χ0n) is 10.6. The molecule has 0 spiro atoms. The van der Waals surface area contributed by atoms with Gasteiger partial charge in [0.05, 0.1) is 21.0 Å². The molecule has 0 amide bonds. The van der Waals surface area contributed by atoms with Gasteiger partial charge in [-0.2, -0.15) is 17.5 Å². The molecule has 2 aromatic rings. The summed E-state index contributed by atoms with van der Waals surface area (Å²) in [6.07, 6.45) is -2.93. The van der Waals surface area contributed by atoms with Crippen LogP contribution in [-0.4, -0.2) is 10.5 Å². The zero-order chi connectivity index (χ0) is 14.8. The fourth-order valence-electron chi connectivity index (χ4n) is 1.64. The smallest absolute Gasteiger partial charge is 0.245 e. The van der Waals surface area contributed by atoms with Crippen LogP contribution in [0.15, 0.2) is 63.9 Å². The van der Waals surface area contributed by atoms with Crippen molar-refractivity contribution < 1.29 is 17.4 Å². The molecule has 0 aliphatic heterocycles. The number of halogens is 3. The Morgan fingerprint density at radius 2 is 1.50 bits per heavy atom. The van der Waals surface area contributed by atoms with Crippen LogP contribution in [0.25, 0.3) is 0 Å². The summed E-state index contributed by atoms with van der Waals surface area (Å²) in [7, 11) is -2.67. The SMILES string of the molecule is C[S@@](=O)(=Nc1ccc(C(F)(F)F)cc1)c1ccccc1. The van der Waals surface area contributed by atoms with Crippen molar-refractivity contribution >= 4 is 15.4 Å². The quantitative estimate of drug-likeness (QED) is 0.803. The number of benzene rings is 2. The number of hydrogen-bond acceptors (Lipinski definition) is 2. The van der Waals surface area contributed by atoms with Gasteiger partial charge in [0.15, 0.2) is 0 Å². The van der Waals surface area contributed by atoms with E-state index in [9.17, 15) is 17.4 Å². The normalized spacial score (nSPS) is 14.6. The van der Waals surface area contributed by atoms with E-state index in [1.807, 2.05) is 0 Å². The molecule has 20 heavy (non-hydrogen) atoms. The summed E-state index contributed by atoms with van der Waals surface area (Å²) in [6, 6.07) is 12.9. The van der Waals surface area contributed by atoms with Crippen molar-refractivity contribution in [2.75, 3.05) is 6.26 Å². The maximum absolute atomic E-state index is 12.5. The maximum Gasteiger partial charge on any atom is 0.416 e. The van der Waals surface area contributed by atoms with E-state index in [1.54, 1.807) is 30.3 Å². The Morgan fingerprint density at radius 3 is 2.00 bits per heavy atom. The van der Waals surface area contributed by atoms with Crippen LogP contribution in [0.3, 0.4) is 0 Å². The molecule has 0 saturated heterocycles. The van der Waals surface area contributed by atoms with Crippen molar-refractivity contribution in [3.63, 3.8) is 0 Å². The molecule has 0 aromatic heterocycles. The van der Waals surface area contributed by atoms with Gasteiger partial charge in [-0.25, -0.2) is 4.21 Å². The highest BCUT2D eigenvalue weighted by Crippen LogP contribution is 2.30. The van der Waals surface area contributed by atoms with Gasteiger partial charge in [0.2, 0.25) is 0 Å². The summed E-state index contributed by atoms with van der Waals surface area (Å²) >= 11 is 0. The number of rotatable bonds is 2. The third kappa shape index (κ3) is 3.39. The number of hydrogen-bond donors (Lipinski definition) is 0. The molecule has 0 radical (unpaired) electrons. The second-order valence-corrected chi connectivity index (χ2v) is 6.51. The van der Waals surface area contributed by atoms with Crippen molar-refractivity contribution in [3.8, 4) is 0 Å². The van der Waals surface area contributed by atoms with Crippen molar-refractivity contribution in [3.05, 3.63) is 60.2 Å². The molecule has 0 aliphatic carbocycles. The van der Waals surface area contributed by atoms with Gasteiger partial charge in [0, 0.05) is 11.2 Å². The molecule has 0 fully saturated rings. The molecule has 0 N–H and O–H groups in total. The van der Waals surface area contributed by atoms with Crippen LogP contribution in [0.2, 0.25) is 0 Å². The van der Waals surface area contributed by atoms with Crippen LogP contribution >= 0.6 is 0 Å². The molecule has 0 aliphatic rings. The standard InChI is InChI=1S/C14H12F3NOS/c1-20(19,13-5-3-2-4-6-13)18-12-9-7-11(8-10-12)14(15,16)17/h2-10H,1H3/t20-/m0/s1. The Labute approximate surface area is 115 Å². The summed E-state index contributed by atoms with van der Waals surface area (Å²) in [5.41, 5.74) is -0.492. The average molecular weight is 299 g/mol. The van der Waals surface area contributed by atoms with Gasteiger partial charge in [-0.1, -0.05) is 18.2 Å². The third-order valence-corrected chi connectivity index (χ3v) is 4.36. The molecule has 6 heteroatoms. The monoisotopic (exact) mass is 299 g/mol. The lowest BCUT2D eigenvalue weighted by Gasteiger charge is -2.07. The summed E-state index contributed by atoms with van der Waals surface area (Å²) in [5.74, 6) is 0. The second kappa shape index (κ2) is 5.28. The minimum atomic E-state index is -4.38. The van der Waals surface area contributed by atoms with Gasteiger partial charge < -0.3 is 0 Å². The minimum absolute atomic E-state index is 0.259. The summed E-state index contributed by atoms with van der Waals surface area (Å²) in [4.78, 5) is 0.542. The van der Waals surface area contributed by atoms with Gasteiger partial charge in [-0.05, 0) is 36.4 Å². The van der Waals surface area contributed by atoms with Crippen LogP contribution in [0, 0.1) is 0 Å². The predicted octanol–water partition coefficient (Wildman–Crippen LogP) is 4.49. The largest absolute Gasteiger partial charge is 0.416 e. The van der Waals surface area contributed by atoms with E-state index in [2.05, 4.69) is 4.36 Å². The molecule has 0 unspecified atom stereocenters. The Morgan fingerprint density at radius 1 is 0.950 bits per heavy atom. The lowest BCUT2D eigenvalue weighted by Crippen LogP contribution is -2.03. The Bertz CT molecular complexity index is 699. The lowest BCUT2D eigenvalue weighted by atomic mass is 10.2. The van der Waals surface area contributed by atoms with Gasteiger partial charge in [-0.3, -0.25) is 0 Å². The first-order valence-corrected chi connectivity index (χ1v) is 7.66. The van der Waals surface area contributed by atoms with Crippen LogP contribution in [-0.2, 0) is 15.9 Å². The molecule has 2 aromatic carbocycles. The molecule has 0 saturated carbocycles. The fourth-order valence-corrected chi connectivity index (χ4v) is 2.93. The van der Waals surface area contributed by atoms with E-state index in [0.29, 0.717) is 4.90 Å². The van der Waals surface area contributed by atoms with E-state index in [0.717, 1.165) is 12.1 Å². The van der Waals surface area contributed by atoms with Crippen molar-refractivity contribution in [1.82, 2.24) is 0 Å². The molecule has 106 valence electrons. The molecule has 0 heterocycles. The third-order valence-electron chi connectivity index (χ3n) is 2.65. The molecule has 0 bridgehead atoms. The number of nitrogens with zero attached hydrogens (tertiary/aromatic N) is 1. The van der Waals surface area contributed by atoms with Gasteiger partial charge in [-0.15, -0.1) is 0 Å². The van der Waals surface area contributed by atoms with Crippen LogP contribution in [0.5, 0.6) is 0 Å². The molecule has 2 rings (SSSR count). The van der Waals surface area contributed by atoms with E-state index in [1.165, 1.54) is 18.4 Å². The first-order valence-electron chi connectivity index (χ1n) is 5.73. The number of alkyl halides is 3. The van der Waals surface area contributed by atoms with Gasteiger partial charge >= 0.3 is 6.18 Å². The van der Waals surface area contributed by atoms with E-state index >= 15 is 0 Å². The average Bonchev–Trinajstić information content (AvgIpc) is 2.39. The van der Waals surface area contributed by atoms with Crippen molar-refractivity contribution in [2.24, 2.45) is 4.36 Å². The van der Waals surface area contributed by atoms with Gasteiger partial charge in [0.25, 0.3) is 0 Å². The van der Waals surface area contributed by atoms with Gasteiger partial charge in [0.1, 0.15) is 0 Å². The Balaban J connectivity index is 2.38. The highest BCUT2D eigenvalue weighted by molar-refractivity contribution is 7.93. The maximum atomic E-state index is 12.5. The van der Waals surface area contributed by atoms with E-state index in [-0.39, 0.29) is 5.69 Å².